The molecular weight excluding hydrogens is 328 g/mol. The molecule has 0 radical (unpaired) electrons. The zero-order chi connectivity index (χ0) is 18.8. The summed E-state index contributed by atoms with van der Waals surface area (Å²) in [5, 5.41) is 0. The normalized spacial score (nSPS) is 8.77. The number of esters is 2. The van der Waals surface area contributed by atoms with Crippen molar-refractivity contribution in [3.05, 3.63) is 85.0 Å². The molecule has 0 N–H and O–H groups in total. The molecule has 0 saturated heterocycles. The smallest absolute Gasteiger partial charge is 0.344 e. The number of benzene rings is 2. The number of rotatable bonds is 3. The predicted molar refractivity (Wildman–Crippen MR) is 98.2 cm³/mol. The third kappa shape index (κ3) is 5.56. The minimum absolute atomic E-state index is 0.587. The summed E-state index contributed by atoms with van der Waals surface area (Å²) in [6, 6.07) is 14.9. The predicted octanol–water partition coefficient (Wildman–Crippen LogP) is 3.43. The van der Waals surface area contributed by atoms with Gasteiger partial charge >= 0.3 is 11.9 Å². The Labute approximate surface area is 151 Å². The van der Waals surface area contributed by atoms with Crippen molar-refractivity contribution < 1.29 is 19.1 Å². The fourth-order valence-electron chi connectivity index (χ4n) is 1.84. The molecule has 0 atom stereocenters. The van der Waals surface area contributed by atoms with E-state index in [1.54, 1.807) is 0 Å². The van der Waals surface area contributed by atoms with Gasteiger partial charge in [-0.15, -0.1) is 0 Å². The Balaban J connectivity index is 2.05. The molecule has 4 heteroatoms. The number of carbonyl (C=O) groups excluding carboxylic acids is 2. The number of hydrogen-bond acceptors (Lipinski definition) is 4. The molecule has 126 valence electrons. The Morgan fingerprint density at radius 3 is 1.35 bits per heavy atom. The molecule has 0 aliphatic rings. The highest BCUT2D eigenvalue weighted by molar-refractivity contribution is 5.82. The standard InChI is InChI=1S/C22H14O4/c1-3-21(23)25-15-13-17-5-9-19(10-6-17)20-11-7-18(8-12-20)14-16-26-22(24)4-2/h3-12H,1-2H2. The van der Waals surface area contributed by atoms with Crippen LogP contribution in [0, 0.1) is 24.1 Å². The summed E-state index contributed by atoms with van der Waals surface area (Å²) in [5.74, 6) is 4.28. The van der Waals surface area contributed by atoms with Crippen molar-refractivity contribution in [2.24, 2.45) is 0 Å². The van der Waals surface area contributed by atoms with Gasteiger partial charge in [-0.1, -0.05) is 37.4 Å². The molecule has 0 aliphatic carbocycles. The van der Waals surface area contributed by atoms with Gasteiger partial charge in [-0.25, -0.2) is 9.59 Å². The highest BCUT2D eigenvalue weighted by Gasteiger charge is 1.98. The summed E-state index contributed by atoms with van der Waals surface area (Å²) < 4.78 is 9.22. The van der Waals surface area contributed by atoms with Crippen LogP contribution in [0.25, 0.3) is 11.1 Å². The van der Waals surface area contributed by atoms with Crippen molar-refractivity contribution in [3.8, 4) is 35.2 Å². The quantitative estimate of drug-likeness (QED) is 0.487. The second-order valence-corrected chi connectivity index (χ2v) is 4.86. The molecule has 0 spiro atoms. The maximum Gasteiger partial charge on any atom is 0.344 e. The minimum Gasteiger partial charge on any atom is -0.369 e. The summed E-state index contributed by atoms with van der Waals surface area (Å²) in [6.07, 6.45) is 6.75. The van der Waals surface area contributed by atoms with E-state index in [0.717, 1.165) is 34.4 Å². The van der Waals surface area contributed by atoms with E-state index in [-0.39, 0.29) is 0 Å². The van der Waals surface area contributed by atoms with Crippen LogP contribution >= 0.6 is 0 Å². The number of carbonyl (C=O) groups is 2. The summed E-state index contributed by atoms with van der Waals surface area (Å²) in [6.45, 7) is 6.58. The molecular formula is C22H14O4. The van der Waals surface area contributed by atoms with Gasteiger partial charge in [0.2, 0.25) is 0 Å². The molecule has 2 aromatic carbocycles. The molecule has 0 unspecified atom stereocenters. The molecule has 0 aliphatic heterocycles. The van der Waals surface area contributed by atoms with Crippen LogP contribution in [0.4, 0.5) is 0 Å². The first-order valence-corrected chi connectivity index (χ1v) is 7.51. The van der Waals surface area contributed by atoms with Gasteiger partial charge in [0.25, 0.3) is 0 Å². The Hall–Kier alpha value is -4.02. The molecule has 0 aromatic heterocycles. The highest BCUT2D eigenvalue weighted by atomic mass is 16.5. The summed E-state index contributed by atoms with van der Waals surface area (Å²) in [5.41, 5.74) is 3.43. The van der Waals surface area contributed by atoms with E-state index < -0.39 is 11.9 Å². The van der Waals surface area contributed by atoms with Crippen molar-refractivity contribution >= 4 is 11.9 Å². The van der Waals surface area contributed by atoms with Crippen molar-refractivity contribution in [1.82, 2.24) is 0 Å². The molecule has 0 amide bonds. The summed E-state index contributed by atoms with van der Waals surface area (Å²) >= 11 is 0. The Kier molecular flexibility index (Phi) is 6.57. The van der Waals surface area contributed by atoms with E-state index in [9.17, 15) is 9.59 Å². The fraction of sp³-hybridized carbons (Fsp3) is 0. The van der Waals surface area contributed by atoms with Crippen LogP contribution in [-0.2, 0) is 19.1 Å². The van der Waals surface area contributed by atoms with Gasteiger partial charge < -0.3 is 9.47 Å². The molecule has 0 bridgehead atoms. The SMILES string of the molecule is C=CC(=O)OC#Cc1ccc(-c2ccc(C#COC(=O)C=C)cc2)cc1. The van der Waals surface area contributed by atoms with Crippen molar-refractivity contribution in [3.63, 3.8) is 0 Å². The van der Waals surface area contributed by atoms with Crippen LogP contribution in [0.2, 0.25) is 0 Å². The highest BCUT2D eigenvalue weighted by Crippen LogP contribution is 2.20. The van der Waals surface area contributed by atoms with E-state index in [0.29, 0.717) is 0 Å². The molecule has 0 fully saturated rings. The number of hydrogen-bond donors (Lipinski definition) is 0. The summed E-state index contributed by atoms with van der Waals surface area (Å²) in [4.78, 5) is 21.8. The third-order valence-corrected chi connectivity index (χ3v) is 3.13. The monoisotopic (exact) mass is 342 g/mol. The maximum absolute atomic E-state index is 10.9. The van der Waals surface area contributed by atoms with E-state index in [2.05, 4.69) is 46.7 Å². The van der Waals surface area contributed by atoms with Crippen LogP contribution in [-0.4, -0.2) is 11.9 Å². The van der Waals surface area contributed by atoms with Gasteiger partial charge in [-0.3, -0.25) is 0 Å². The Morgan fingerprint density at radius 2 is 1.04 bits per heavy atom. The lowest BCUT2D eigenvalue weighted by molar-refractivity contribution is -0.132. The topological polar surface area (TPSA) is 52.6 Å². The lowest BCUT2D eigenvalue weighted by atomic mass is 10.0. The molecule has 2 aromatic rings. The second-order valence-electron chi connectivity index (χ2n) is 4.86. The first-order chi connectivity index (χ1) is 12.6. The lowest BCUT2D eigenvalue weighted by Gasteiger charge is -2.02. The molecule has 0 saturated carbocycles. The fourth-order valence-corrected chi connectivity index (χ4v) is 1.84. The van der Waals surface area contributed by atoms with Crippen LogP contribution in [0.3, 0.4) is 0 Å². The minimum atomic E-state index is -0.587. The van der Waals surface area contributed by atoms with Crippen molar-refractivity contribution in [2.75, 3.05) is 0 Å². The van der Waals surface area contributed by atoms with Crippen LogP contribution < -0.4 is 0 Å². The van der Waals surface area contributed by atoms with Gasteiger partial charge in [0.15, 0.2) is 0 Å². The van der Waals surface area contributed by atoms with E-state index in [1.807, 2.05) is 48.5 Å². The lowest BCUT2D eigenvalue weighted by Crippen LogP contribution is -1.92. The average molecular weight is 342 g/mol. The Morgan fingerprint density at radius 1 is 0.692 bits per heavy atom. The Bertz CT molecular complexity index is 862. The van der Waals surface area contributed by atoms with E-state index >= 15 is 0 Å². The van der Waals surface area contributed by atoms with Crippen molar-refractivity contribution in [2.45, 2.75) is 0 Å². The van der Waals surface area contributed by atoms with Gasteiger partial charge in [0.1, 0.15) is 12.2 Å². The average Bonchev–Trinajstić information content (AvgIpc) is 2.68. The largest absolute Gasteiger partial charge is 0.369 e. The van der Waals surface area contributed by atoms with Crippen LogP contribution in [0.15, 0.2) is 73.8 Å². The second kappa shape index (κ2) is 9.32. The third-order valence-electron chi connectivity index (χ3n) is 3.13. The van der Waals surface area contributed by atoms with Gasteiger partial charge in [0.05, 0.1) is 0 Å². The first kappa shape index (κ1) is 18.3. The first-order valence-electron chi connectivity index (χ1n) is 7.51. The zero-order valence-electron chi connectivity index (χ0n) is 13.8. The van der Waals surface area contributed by atoms with Crippen LogP contribution in [0.1, 0.15) is 11.1 Å². The van der Waals surface area contributed by atoms with Crippen LogP contribution in [0.5, 0.6) is 0 Å². The van der Waals surface area contributed by atoms with Gasteiger partial charge in [-0.2, -0.15) is 0 Å². The maximum atomic E-state index is 10.9. The van der Waals surface area contributed by atoms with E-state index in [1.165, 1.54) is 0 Å². The summed E-state index contributed by atoms with van der Waals surface area (Å²) in [7, 11) is 0. The molecule has 2 rings (SSSR count). The van der Waals surface area contributed by atoms with E-state index in [4.69, 9.17) is 0 Å². The number of ether oxygens (including phenoxy) is 2. The zero-order valence-corrected chi connectivity index (χ0v) is 13.8. The molecule has 0 heterocycles. The molecule has 4 nitrogen and oxygen atoms in total. The van der Waals surface area contributed by atoms with Crippen molar-refractivity contribution in [1.29, 1.82) is 0 Å². The van der Waals surface area contributed by atoms with Gasteiger partial charge in [-0.05, 0) is 47.2 Å². The van der Waals surface area contributed by atoms with Gasteiger partial charge in [0, 0.05) is 23.3 Å². The molecule has 26 heavy (non-hydrogen) atoms.